The van der Waals surface area contributed by atoms with Crippen LogP contribution in [0, 0.1) is 0 Å². The molecule has 2 rings (SSSR count). The number of hydrogen-bond donors (Lipinski definition) is 0. The number of benzene rings is 1. The number of methoxy groups -OCH3 is 3. The molecule has 0 atom stereocenters. The van der Waals surface area contributed by atoms with Crippen molar-refractivity contribution in [3.05, 3.63) is 23.4 Å². The molecule has 1 aromatic carbocycles. The predicted octanol–water partition coefficient (Wildman–Crippen LogP) is 1.74. The second kappa shape index (κ2) is 6.23. The molecule has 1 aliphatic rings. The Kier molecular flexibility index (Phi) is 4.56. The molecule has 1 fully saturated rings. The minimum absolute atomic E-state index is 0.152. The van der Waals surface area contributed by atoms with Crippen molar-refractivity contribution in [2.75, 3.05) is 35.4 Å². The number of carbonyl (C=O) groups excluding carboxylic acids is 1. The van der Waals surface area contributed by atoms with Gasteiger partial charge in [-0.3, -0.25) is 9.69 Å². The van der Waals surface area contributed by atoms with Crippen molar-refractivity contribution in [3.63, 3.8) is 0 Å². The minimum Gasteiger partial charge on any atom is -0.493 e. The highest BCUT2D eigenvalue weighted by atomic mass is 32.1. The van der Waals surface area contributed by atoms with E-state index < -0.39 is 0 Å². The summed E-state index contributed by atoms with van der Waals surface area (Å²) in [5.41, 5.74) is 1.24. The molecule has 7 heteroatoms. The van der Waals surface area contributed by atoms with Crippen LogP contribution < -0.4 is 14.2 Å². The molecule has 1 amide bonds. The van der Waals surface area contributed by atoms with Gasteiger partial charge in [0.25, 0.3) is 5.91 Å². The molecule has 0 spiro atoms. The Morgan fingerprint density at radius 2 is 1.55 bits per heavy atom. The standard InChI is InChI=1S/C15H18N2O4S/c1-16-10(14(18)17(2)15(16)22)6-9-7-11(19-3)13(21-5)12(8-9)20-4/h6-8H,1-5H3/b10-6+. The average Bonchev–Trinajstić information content (AvgIpc) is 2.71. The fourth-order valence-corrected chi connectivity index (χ4v) is 2.41. The number of ether oxygens (including phenoxy) is 3. The lowest BCUT2D eigenvalue weighted by atomic mass is 10.1. The molecule has 6 nitrogen and oxygen atoms in total. The van der Waals surface area contributed by atoms with Gasteiger partial charge in [0.1, 0.15) is 5.70 Å². The van der Waals surface area contributed by atoms with Crippen molar-refractivity contribution in [2.45, 2.75) is 0 Å². The predicted molar refractivity (Wildman–Crippen MR) is 87.2 cm³/mol. The third-order valence-corrected chi connectivity index (χ3v) is 4.00. The van der Waals surface area contributed by atoms with Gasteiger partial charge in [-0.15, -0.1) is 0 Å². The fourth-order valence-electron chi connectivity index (χ4n) is 2.23. The van der Waals surface area contributed by atoms with E-state index in [2.05, 4.69) is 0 Å². The van der Waals surface area contributed by atoms with Gasteiger partial charge in [-0.2, -0.15) is 0 Å². The lowest BCUT2D eigenvalue weighted by Gasteiger charge is -2.14. The highest BCUT2D eigenvalue weighted by molar-refractivity contribution is 7.80. The Bertz CT molecular complexity index is 632. The molecule has 1 saturated heterocycles. The first-order valence-corrected chi connectivity index (χ1v) is 6.92. The zero-order valence-electron chi connectivity index (χ0n) is 13.2. The van der Waals surface area contributed by atoms with E-state index in [1.807, 2.05) is 0 Å². The number of rotatable bonds is 4. The summed E-state index contributed by atoms with van der Waals surface area (Å²) in [6.07, 6.45) is 1.74. The van der Waals surface area contributed by atoms with E-state index in [4.69, 9.17) is 26.4 Å². The Hall–Kier alpha value is -2.28. The van der Waals surface area contributed by atoms with Gasteiger partial charge in [0.05, 0.1) is 21.3 Å². The van der Waals surface area contributed by atoms with E-state index in [9.17, 15) is 4.79 Å². The molecular formula is C15H18N2O4S. The van der Waals surface area contributed by atoms with Crippen LogP contribution in [0.25, 0.3) is 6.08 Å². The van der Waals surface area contributed by atoms with Gasteiger partial charge in [0.15, 0.2) is 16.6 Å². The van der Waals surface area contributed by atoms with Crippen molar-refractivity contribution in [3.8, 4) is 17.2 Å². The topological polar surface area (TPSA) is 51.2 Å². The summed E-state index contributed by atoms with van der Waals surface area (Å²) >= 11 is 5.19. The zero-order chi connectivity index (χ0) is 16.4. The van der Waals surface area contributed by atoms with Gasteiger partial charge < -0.3 is 19.1 Å². The molecule has 1 aliphatic heterocycles. The largest absolute Gasteiger partial charge is 0.493 e. The fraction of sp³-hybridized carbons (Fsp3) is 0.333. The van der Waals surface area contributed by atoms with Gasteiger partial charge in [-0.25, -0.2) is 0 Å². The normalized spacial score (nSPS) is 16.5. The molecule has 0 aliphatic carbocycles. The molecule has 0 aromatic heterocycles. The van der Waals surface area contributed by atoms with Crippen LogP contribution in [0.1, 0.15) is 5.56 Å². The summed E-state index contributed by atoms with van der Waals surface area (Å²) in [5, 5.41) is 0.462. The van der Waals surface area contributed by atoms with Crippen LogP contribution in [-0.2, 0) is 4.79 Å². The van der Waals surface area contributed by atoms with E-state index in [0.717, 1.165) is 5.56 Å². The first kappa shape index (κ1) is 16.1. The monoisotopic (exact) mass is 322 g/mol. The van der Waals surface area contributed by atoms with Crippen LogP contribution in [0.4, 0.5) is 0 Å². The minimum atomic E-state index is -0.152. The summed E-state index contributed by atoms with van der Waals surface area (Å²) in [6.45, 7) is 0. The highest BCUT2D eigenvalue weighted by Gasteiger charge is 2.32. The number of hydrogen-bond acceptors (Lipinski definition) is 5. The summed E-state index contributed by atoms with van der Waals surface area (Å²) in [5.74, 6) is 1.41. The summed E-state index contributed by atoms with van der Waals surface area (Å²) < 4.78 is 15.9. The summed E-state index contributed by atoms with van der Waals surface area (Å²) in [7, 11) is 8.04. The highest BCUT2D eigenvalue weighted by Crippen LogP contribution is 2.39. The third-order valence-electron chi connectivity index (χ3n) is 3.45. The SMILES string of the molecule is COc1cc(/C=C2\C(=O)N(C)C(=S)N2C)cc(OC)c1OC. The molecule has 118 valence electrons. The van der Waals surface area contributed by atoms with Crippen molar-refractivity contribution in [2.24, 2.45) is 0 Å². The molecule has 0 unspecified atom stereocenters. The number of carbonyl (C=O) groups is 1. The lowest BCUT2D eigenvalue weighted by molar-refractivity contribution is -0.121. The molecule has 0 N–H and O–H groups in total. The Morgan fingerprint density at radius 1 is 1.00 bits per heavy atom. The van der Waals surface area contributed by atoms with Crippen molar-refractivity contribution in [1.82, 2.24) is 9.80 Å². The van der Waals surface area contributed by atoms with Crippen LogP contribution in [0.3, 0.4) is 0 Å². The molecule has 1 aromatic rings. The van der Waals surface area contributed by atoms with Gasteiger partial charge in [0, 0.05) is 14.1 Å². The molecule has 0 radical (unpaired) electrons. The number of amides is 1. The maximum atomic E-state index is 12.2. The summed E-state index contributed by atoms with van der Waals surface area (Å²) in [4.78, 5) is 15.3. The smallest absolute Gasteiger partial charge is 0.276 e. The van der Waals surface area contributed by atoms with E-state index in [1.165, 1.54) is 4.90 Å². The Morgan fingerprint density at radius 3 is 1.91 bits per heavy atom. The van der Waals surface area contributed by atoms with Crippen LogP contribution >= 0.6 is 12.2 Å². The first-order valence-electron chi connectivity index (χ1n) is 6.52. The van der Waals surface area contributed by atoms with E-state index in [-0.39, 0.29) is 5.91 Å². The first-order chi connectivity index (χ1) is 10.4. The van der Waals surface area contributed by atoms with Crippen LogP contribution in [-0.4, -0.2) is 56.2 Å². The number of nitrogens with zero attached hydrogens (tertiary/aromatic N) is 2. The molecule has 0 saturated carbocycles. The van der Waals surface area contributed by atoms with Crippen molar-refractivity contribution >= 4 is 29.3 Å². The molecule has 22 heavy (non-hydrogen) atoms. The van der Waals surface area contributed by atoms with Gasteiger partial charge in [-0.1, -0.05) is 0 Å². The quantitative estimate of drug-likeness (QED) is 0.622. The molecular weight excluding hydrogens is 304 g/mol. The maximum Gasteiger partial charge on any atom is 0.276 e. The molecule has 0 bridgehead atoms. The van der Waals surface area contributed by atoms with Gasteiger partial charge in [0.2, 0.25) is 5.75 Å². The molecule has 1 heterocycles. The Balaban J connectivity index is 2.52. The van der Waals surface area contributed by atoms with Crippen molar-refractivity contribution < 1.29 is 19.0 Å². The van der Waals surface area contributed by atoms with E-state index >= 15 is 0 Å². The van der Waals surface area contributed by atoms with Crippen LogP contribution in [0.5, 0.6) is 17.2 Å². The average molecular weight is 322 g/mol. The van der Waals surface area contributed by atoms with Crippen LogP contribution in [0.2, 0.25) is 0 Å². The number of thiocarbonyl (C=S) groups is 1. The van der Waals surface area contributed by atoms with E-state index in [1.54, 1.807) is 58.5 Å². The maximum absolute atomic E-state index is 12.2. The summed E-state index contributed by atoms with van der Waals surface area (Å²) in [6, 6.07) is 3.55. The van der Waals surface area contributed by atoms with Gasteiger partial charge >= 0.3 is 0 Å². The second-order valence-electron chi connectivity index (χ2n) is 4.69. The second-order valence-corrected chi connectivity index (χ2v) is 5.06. The van der Waals surface area contributed by atoms with Crippen molar-refractivity contribution in [1.29, 1.82) is 0 Å². The van der Waals surface area contributed by atoms with E-state index in [0.29, 0.717) is 28.1 Å². The number of likely N-dealkylation sites (N-methyl/N-ethyl adjacent to an activating group) is 2. The zero-order valence-corrected chi connectivity index (χ0v) is 14.0. The third kappa shape index (κ3) is 2.59. The lowest BCUT2D eigenvalue weighted by Crippen LogP contribution is -2.26. The van der Waals surface area contributed by atoms with Gasteiger partial charge in [-0.05, 0) is 36.0 Å². The Labute approximate surface area is 134 Å². The van der Waals surface area contributed by atoms with Crippen LogP contribution in [0.15, 0.2) is 17.8 Å².